The van der Waals surface area contributed by atoms with Gasteiger partial charge in [0, 0.05) is 18.7 Å². The van der Waals surface area contributed by atoms with Crippen LogP contribution in [-0.4, -0.2) is 31.4 Å². The van der Waals surface area contributed by atoms with Crippen LogP contribution in [0.5, 0.6) is 0 Å². The van der Waals surface area contributed by atoms with Gasteiger partial charge in [-0.3, -0.25) is 4.79 Å². The molecule has 0 saturated heterocycles. The van der Waals surface area contributed by atoms with Crippen LogP contribution in [0.2, 0.25) is 0 Å². The number of nitrogens with one attached hydrogen (secondary N) is 1. The van der Waals surface area contributed by atoms with Crippen LogP contribution in [0.25, 0.3) is 0 Å². The molecule has 1 amide bonds. The van der Waals surface area contributed by atoms with Crippen molar-refractivity contribution in [2.75, 3.05) is 26.0 Å². The molecule has 0 aliphatic carbocycles. The molecule has 1 N–H and O–H groups in total. The van der Waals surface area contributed by atoms with E-state index >= 15 is 0 Å². The van der Waals surface area contributed by atoms with Gasteiger partial charge in [0.15, 0.2) is 0 Å². The van der Waals surface area contributed by atoms with Crippen molar-refractivity contribution in [3.8, 4) is 0 Å². The van der Waals surface area contributed by atoms with Crippen LogP contribution < -0.4 is 5.32 Å². The second kappa shape index (κ2) is 7.44. The number of benzene rings is 1. The molecule has 0 saturated carbocycles. The van der Waals surface area contributed by atoms with Crippen LogP contribution in [-0.2, 0) is 4.79 Å². The molecule has 20 heavy (non-hydrogen) atoms. The van der Waals surface area contributed by atoms with E-state index < -0.39 is 0 Å². The Kier molecular flexibility index (Phi) is 6.21. The van der Waals surface area contributed by atoms with Gasteiger partial charge in [-0.25, -0.2) is 0 Å². The van der Waals surface area contributed by atoms with Crippen molar-refractivity contribution >= 4 is 11.6 Å². The van der Waals surface area contributed by atoms with Crippen molar-refractivity contribution in [3.63, 3.8) is 0 Å². The fraction of sp³-hybridized carbons (Fsp3) is 0.588. The second-order valence-electron chi connectivity index (χ2n) is 6.22. The maximum Gasteiger partial charge on any atom is 0.225 e. The summed E-state index contributed by atoms with van der Waals surface area (Å²) in [5, 5.41) is 3.13. The van der Waals surface area contributed by atoms with Gasteiger partial charge in [-0.15, -0.1) is 0 Å². The summed E-state index contributed by atoms with van der Waals surface area (Å²) in [7, 11) is 3.96. The molecule has 0 aromatic heterocycles. The summed E-state index contributed by atoms with van der Waals surface area (Å²) in [6.45, 7) is 9.42. The fourth-order valence-corrected chi connectivity index (χ4v) is 2.22. The molecule has 0 atom stereocenters. The first-order chi connectivity index (χ1) is 9.32. The zero-order valence-electron chi connectivity index (χ0n) is 13.7. The van der Waals surface area contributed by atoms with Crippen LogP contribution >= 0.6 is 0 Å². The number of para-hydroxylation sites is 1. The van der Waals surface area contributed by atoms with Crippen molar-refractivity contribution in [2.45, 2.75) is 46.0 Å². The Labute approximate surface area is 123 Å². The van der Waals surface area contributed by atoms with Crippen molar-refractivity contribution < 1.29 is 4.79 Å². The van der Waals surface area contributed by atoms with Crippen LogP contribution in [0.15, 0.2) is 18.2 Å². The fourth-order valence-electron chi connectivity index (χ4n) is 2.22. The highest BCUT2D eigenvalue weighted by atomic mass is 16.1. The number of rotatable bonds is 6. The first-order valence-corrected chi connectivity index (χ1v) is 7.40. The summed E-state index contributed by atoms with van der Waals surface area (Å²) < 4.78 is 0. The van der Waals surface area contributed by atoms with Gasteiger partial charge >= 0.3 is 0 Å². The molecule has 1 aromatic rings. The third-order valence-electron chi connectivity index (χ3n) is 3.42. The lowest BCUT2D eigenvalue weighted by Gasteiger charge is -2.20. The Balaban J connectivity index is 2.99. The Morgan fingerprint density at radius 1 is 1.10 bits per heavy atom. The average molecular weight is 276 g/mol. The van der Waals surface area contributed by atoms with Crippen molar-refractivity contribution in [3.05, 3.63) is 29.3 Å². The highest BCUT2D eigenvalue weighted by Gasteiger charge is 2.15. The summed E-state index contributed by atoms with van der Waals surface area (Å²) in [5.74, 6) is 0.893. The van der Waals surface area contributed by atoms with Crippen molar-refractivity contribution in [2.24, 2.45) is 0 Å². The monoisotopic (exact) mass is 276 g/mol. The molecular weight excluding hydrogens is 248 g/mol. The number of hydrogen-bond donors (Lipinski definition) is 1. The zero-order valence-corrected chi connectivity index (χ0v) is 13.7. The number of amides is 1. The quantitative estimate of drug-likeness (QED) is 0.856. The predicted molar refractivity (Wildman–Crippen MR) is 86.4 cm³/mol. The minimum atomic E-state index is 0.0914. The molecule has 3 nitrogen and oxygen atoms in total. The average Bonchev–Trinajstić information content (AvgIpc) is 2.36. The molecule has 0 bridgehead atoms. The third kappa shape index (κ3) is 4.64. The van der Waals surface area contributed by atoms with Crippen molar-refractivity contribution in [1.29, 1.82) is 0 Å². The SMILES string of the molecule is CC(C)c1cccc(C(C)C)c1NC(=O)CCN(C)C. The van der Waals surface area contributed by atoms with E-state index in [9.17, 15) is 4.79 Å². The van der Waals surface area contributed by atoms with Crippen LogP contribution in [0, 0.1) is 0 Å². The van der Waals surface area contributed by atoms with Crippen molar-refractivity contribution in [1.82, 2.24) is 4.90 Å². The van der Waals surface area contributed by atoms with E-state index in [2.05, 4.69) is 51.2 Å². The molecular formula is C17H28N2O. The highest BCUT2D eigenvalue weighted by Crippen LogP contribution is 2.32. The van der Waals surface area contributed by atoms with Gasteiger partial charge in [0.25, 0.3) is 0 Å². The molecule has 0 aliphatic rings. The zero-order chi connectivity index (χ0) is 15.3. The molecule has 0 aliphatic heterocycles. The second-order valence-corrected chi connectivity index (χ2v) is 6.22. The molecule has 0 fully saturated rings. The van der Waals surface area contributed by atoms with Gasteiger partial charge in [0.05, 0.1) is 0 Å². The molecule has 3 heteroatoms. The Morgan fingerprint density at radius 2 is 1.60 bits per heavy atom. The van der Waals surface area contributed by atoms with Gasteiger partial charge < -0.3 is 10.2 Å². The summed E-state index contributed by atoms with van der Waals surface area (Å²) in [6.07, 6.45) is 0.525. The maximum atomic E-state index is 12.1. The summed E-state index contributed by atoms with van der Waals surface area (Å²) >= 11 is 0. The topological polar surface area (TPSA) is 32.3 Å². The molecule has 0 spiro atoms. The maximum absolute atomic E-state index is 12.1. The lowest BCUT2D eigenvalue weighted by atomic mass is 9.92. The molecule has 0 heterocycles. The van der Waals surface area contributed by atoms with Crippen LogP contribution in [0.3, 0.4) is 0 Å². The predicted octanol–water partition coefficient (Wildman–Crippen LogP) is 3.82. The van der Waals surface area contributed by atoms with E-state index in [0.717, 1.165) is 12.2 Å². The molecule has 1 aromatic carbocycles. The minimum Gasteiger partial charge on any atom is -0.326 e. The molecule has 112 valence electrons. The minimum absolute atomic E-state index is 0.0914. The van der Waals surface area contributed by atoms with E-state index in [-0.39, 0.29) is 5.91 Å². The van der Waals surface area contributed by atoms with E-state index in [1.807, 2.05) is 19.0 Å². The number of carbonyl (C=O) groups is 1. The normalized spacial score (nSPS) is 11.4. The van der Waals surface area contributed by atoms with Gasteiger partial charge in [0.2, 0.25) is 5.91 Å². The van der Waals surface area contributed by atoms with Gasteiger partial charge in [-0.05, 0) is 37.1 Å². The number of nitrogens with zero attached hydrogens (tertiary/aromatic N) is 1. The smallest absolute Gasteiger partial charge is 0.225 e. The van der Waals surface area contributed by atoms with E-state index in [1.54, 1.807) is 0 Å². The summed E-state index contributed by atoms with van der Waals surface area (Å²) in [5.41, 5.74) is 3.45. The lowest BCUT2D eigenvalue weighted by Crippen LogP contribution is -2.22. The van der Waals surface area contributed by atoms with E-state index in [1.165, 1.54) is 11.1 Å². The molecule has 0 unspecified atom stereocenters. The molecule has 0 radical (unpaired) electrons. The standard InChI is InChI=1S/C17H28N2O/c1-12(2)14-8-7-9-15(13(3)4)17(14)18-16(20)10-11-19(5)6/h7-9,12-13H,10-11H2,1-6H3,(H,18,20). The highest BCUT2D eigenvalue weighted by molar-refractivity contribution is 5.92. The van der Waals surface area contributed by atoms with Gasteiger partial charge in [-0.1, -0.05) is 45.9 Å². The number of hydrogen-bond acceptors (Lipinski definition) is 2. The Hall–Kier alpha value is -1.35. The summed E-state index contributed by atoms with van der Waals surface area (Å²) in [4.78, 5) is 14.2. The number of carbonyl (C=O) groups excluding carboxylic acids is 1. The van der Waals surface area contributed by atoms with Crippen LogP contribution in [0.1, 0.15) is 57.1 Å². The Morgan fingerprint density at radius 3 is 2.00 bits per heavy atom. The third-order valence-corrected chi connectivity index (χ3v) is 3.42. The first kappa shape index (κ1) is 16.7. The van der Waals surface area contributed by atoms with E-state index in [4.69, 9.17) is 0 Å². The largest absolute Gasteiger partial charge is 0.326 e. The first-order valence-electron chi connectivity index (χ1n) is 7.40. The number of anilines is 1. The molecule has 1 rings (SSSR count). The van der Waals surface area contributed by atoms with E-state index in [0.29, 0.717) is 18.3 Å². The van der Waals surface area contributed by atoms with Gasteiger partial charge in [0.1, 0.15) is 0 Å². The lowest BCUT2D eigenvalue weighted by molar-refractivity contribution is -0.116. The van der Waals surface area contributed by atoms with Crippen LogP contribution in [0.4, 0.5) is 5.69 Å². The summed E-state index contributed by atoms with van der Waals surface area (Å²) in [6, 6.07) is 6.30. The Bertz CT molecular complexity index is 424. The van der Waals surface area contributed by atoms with Gasteiger partial charge in [-0.2, -0.15) is 0 Å².